The number of hydrogen-bond acceptors (Lipinski definition) is 4. The minimum absolute atomic E-state index is 0.102. The molecular weight excluding hydrogens is 278 g/mol. The van der Waals surface area contributed by atoms with Crippen LogP contribution in [0.5, 0.6) is 0 Å². The van der Waals surface area contributed by atoms with Gasteiger partial charge in [0.2, 0.25) is 0 Å². The molecule has 7 nitrogen and oxygen atoms in total. The Hall–Kier alpha value is -1.63. The third-order valence-electron chi connectivity index (χ3n) is 3.55. The highest BCUT2D eigenvalue weighted by Crippen LogP contribution is 2.19. The van der Waals surface area contributed by atoms with E-state index in [1.807, 2.05) is 6.92 Å². The van der Waals surface area contributed by atoms with E-state index in [1.165, 1.54) is 4.90 Å². The third-order valence-corrected chi connectivity index (χ3v) is 3.55. The van der Waals surface area contributed by atoms with Crippen molar-refractivity contribution in [1.29, 1.82) is 0 Å². The summed E-state index contributed by atoms with van der Waals surface area (Å²) in [5.74, 6) is -2.56. The number of aliphatic carboxylic acids is 2. The van der Waals surface area contributed by atoms with Crippen molar-refractivity contribution in [3.63, 3.8) is 0 Å². The second kappa shape index (κ2) is 8.61. The number of carboxylic acid groups (broad SMARTS) is 2. The molecule has 120 valence electrons. The van der Waals surface area contributed by atoms with Gasteiger partial charge in [0.25, 0.3) is 5.91 Å². The number of carboxylic acids is 2. The zero-order valence-corrected chi connectivity index (χ0v) is 12.3. The lowest BCUT2D eigenvalue weighted by Gasteiger charge is -2.30. The van der Waals surface area contributed by atoms with Gasteiger partial charge in [0, 0.05) is 13.2 Å². The van der Waals surface area contributed by atoms with Crippen LogP contribution in [-0.4, -0.2) is 58.3 Å². The Morgan fingerprint density at radius 3 is 2.52 bits per heavy atom. The monoisotopic (exact) mass is 301 g/mol. The summed E-state index contributed by atoms with van der Waals surface area (Å²) in [6.45, 7) is 2.31. The Morgan fingerprint density at radius 2 is 2.05 bits per heavy atom. The molecule has 0 aliphatic carbocycles. The number of rotatable bonds is 9. The second-order valence-corrected chi connectivity index (χ2v) is 5.17. The smallest absolute Gasteiger partial charge is 0.326 e. The molecule has 0 radical (unpaired) electrons. The minimum Gasteiger partial charge on any atom is -0.481 e. The number of carbonyl (C=O) groups excluding carboxylic acids is 1. The molecule has 1 heterocycles. The molecule has 2 unspecified atom stereocenters. The van der Waals surface area contributed by atoms with Crippen LogP contribution in [0.15, 0.2) is 0 Å². The van der Waals surface area contributed by atoms with Crippen molar-refractivity contribution in [2.24, 2.45) is 0 Å². The van der Waals surface area contributed by atoms with Gasteiger partial charge in [0.15, 0.2) is 0 Å². The number of hydrogen-bond donors (Lipinski definition) is 2. The molecule has 0 spiro atoms. The first-order chi connectivity index (χ1) is 9.97. The van der Waals surface area contributed by atoms with E-state index in [0.717, 1.165) is 12.8 Å². The van der Waals surface area contributed by atoms with E-state index in [9.17, 15) is 19.5 Å². The lowest BCUT2D eigenvalue weighted by Crippen LogP contribution is -2.49. The molecule has 0 aromatic carbocycles. The van der Waals surface area contributed by atoms with Gasteiger partial charge in [-0.1, -0.05) is 19.8 Å². The predicted molar refractivity (Wildman–Crippen MR) is 73.9 cm³/mol. The van der Waals surface area contributed by atoms with Crippen LogP contribution in [0.4, 0.5) is 0 Å². The van der Waals surface area contributed by atoms with Crippen molar-refractivity contribution in [3.05, 3.63) is 0 Å². The number of carbonyl (C=O) groups is 3. The van der Waals surface area contributed by atoms with Crippen LogP contribution in [0, 0.1) is 0 Å². The molecule has 0 aromatic heterocycles. The molecular formula is C14H23NO6. The first-order valence-electron chi connectivity index (χ1n) is 7.34. The zero-order valence-electron chi connectivity index (χ0n) is 12.3. The van der Waals surface area contributed by atoms with Crippen molar-refractivity contribution < 1.29 is 29.3 Å². The Balaban J connectivity index is 2.83. The fraction of sp³-hybridized carbons (Fsp3) is 0.786. The Kier molecular flexibility index (Phi) is 7.14. The molecule has 1 amide bonds. The molecule has 7 heteroatoms. The van der Waals surface area contributed by atoms with Gasteiger partial charge in [-0.15, -0.1) is 0 Å². The summed E-state index contributed by atoms with van der Waals surface area (Å²) in [6.07, 6.45) is 2.21. The van der Waals surface area contributed by atoms with E-state index >= 15 is 0 Å². The second-order valence-electron chi connectivity index (χ2n) is 5.17. The highest BCUT2D eigenvalue weighted by atomic mass is 16.5. The number of nitrogens with zero attached hydrogens (tertiary/aromatic N) is 1. The first-order valence-corrected chi connectivity index (χ1v) is 7.34. The molecule has 0 bridgehead atoms. The highest BCUT2D eigenvalue weighted by molar-refractivity contribution is 5.87. The maximum atomic E-state index is 12.4. The highest BCUT2D eigenvalue weighted by Gasteiger charge is 2.35. The van der Waals surface area contributed by atoms with Crippen LogP contribution in [0.3, 0.4) is 0 Å². The molecule has 21 heavy (non-hydrogen) atoms. The minimum atomic E-state index is -1.10. The predicted octanol–water partition coefficient (Wildman–Crippen LogP) is 1.11. The maximum Gasteiger partial charge on any atom is 0.326 e. The van der Waals surface area contributed by atoms with E-state index < -0.39 is 30.0 Å². The van der Waals surface area contributed by atoms with Crippen LogP contribution in [0.2, 0.25) is 0 Å². The van der Waals surface area contributed by atoms with E-state index in [-0.39, 0.29) is 13.0 Å². The van der Waals surface area contributed by atoms with Gasteiger partial charge < -0.3 is 19.8 Å². The number of unbranched alkanes of at least 4 members (excludes halogenated alkanes) is 1. The molecule has 1 rings (SSSR count). The van der Waals surface area contributed by atoms with Gasteiger partial charge in [0.1, 0.15) is 12.1 Å². The standard InChI is InChI=1S/C14H23NO6/c1-2-3-5-10(14(19)20)15(8-7-12(16)17)13(18)11-6-4-9-21-11/h10-11H,2-9H2,1H3,(H,16,17)(H,19,20). The summed E-state index contributed by atoms with van der Waals surface area (Å²) in [5, 5.41) is 18.1. The lowest BCUT2D eigenvalue weighted by atomic mass is 10.1. The Bertz CT molecular complexity index is 378. The molecule has 2 atom stereocenters. The summed E-state index contributed by atoms with van der Waals surface area (Å²) in [7, 11) is 0. The number of amides is 1. The largest absolute Gasteiger partial charge is 0.481 e. The molecule has 0 aromatic rings. The summed E-state index contributed by atoms with van der Waals surface area (Å²) in [6, 6.07) is -0.985. The van der Waals surface area contributed by atoms with Crippen LogP contribution >= 0.6 is 0 Å². The molecule has 1 aliphatic rings. The van der Waals surface area contributed by atoms with E-state index in [4.69, 9.17) is 9.84 Å². The quantitative estimate of drug-likeness (QED) is 0.661. The van der Waals surface area contributed by atoms with Gasteiger partial charge in [-0.25, -0.2) is 4.79 Å². The number of ether oxygens (including phenoxy) is 1. The topological polar surface area (TPSA) is 104 Å². The van der Waals surface area contributed by atoms with Gasteiger partial charge in [-0.05, 0) is 19.3 Å². The fourth-order valence-corrected chi connectivity index (χ4v) is 2.40. The van der Waals surface area contributed by atoms with E-state index in [1.54, 1.807) is 0 Å². The van der Waals surface area contributed by atoms with Crippen molar-refractivity contribution in [1.82, 2.24) is 4.90 Å². The third kappa shape index (κ3) is 5.34. The Morgan fingerprint density at radius 1 is 1.33 bits per heavy atom. The molecule has 0 saturated carbocycles. The fourth-order valence-electron chi connectivity index (χ4n) is 2.40. The molecule has 1 saturated heterocycles. The van der Waals surface area contributed by atoms with Crippen LogP contribution < -0.4 is 0 Å². The first kappa shape index (κ1) is 17.4. The van der Waals surface area contributed by atoms with E-state index in [2.05, 4.69) is 0 Å². The summed E-state index contributed by atoms with van der Waals surface area (Å²) >= 11 is 0. The summed E-state index contributed by atoms with van der Waals surface area (Å²) < 4.78 is 5.31. The average Bonchev–Trinajstić information content (AvgIpc) is 2.95. The zero-order chi connectivity index (χ0) is 15.8. The van der Waals surface area contributed by atoms with Crippen LogP contribution in [0.25, 0.3) is 0 Å². The summed E-state index contributed by atoms with van der Waals surface area (Å²) in [5.41, 5.74) is 0. The maximum absolute atomic E-state index is 12.4. The normalized spacial score (nSPS) is 19.2. The van der Waals surface area contributed by atoms with Crippen molar-refractivity contribution in [2.45, 2.75) is 57.6 Å². The van der Waals surface area contributed by atoms with Crippen LogP contribution in [0.1, 0.15) is 45.4 Å². The van der Waals surface area contributed by atoms with Gasteiger partial charge >= 0.3 is 11.9 Å². The average molecular weight is 301 g/mol. The van der Waals surface area contributed by atoms with Gasteiger partial charge in [-0.3, -0.25) is 9.59 Å². The van der Waals surface area contributed by atoms with Crippen molar-refractivity contribution >= 4 is 17.8 Å². The SMILES string of the molecule is CCCCC(C(=O)O)N(CCC(=O)O)C(=O)C1CCCO1. The summed E-state index contributed by atoms with van der Waals surface area (Å²) in [4.78, 5) is 35.7. The van der Waals surface area contributed by atoms with Crippen molar-refractivity contribution in [3.8, 4) is 0 Å². The Labute approximate surface area is 123 Å². The van der Waals surface area contributed by atoms with E-state index in [0.29, 0.717) is 25.9 Å². The van der Waals surface area contributed by atoms with Crippen LogP contribution in [-0.2, 0) is 19.1 Å². The van der Waals surface area contributed by atoms with Gasteiger partial charge in [-0.2, -0.15) is 0 Å². The van der Waals surface area contributed by atoms with Gasteiger partial charge in [0.05, 0.1) is 6.42 Å². The molecule has 1 aliphatic heterocycles. The van der Waals surface area contributed by atoms with Crippen molar-refractivity contribution in [2.75, 3.05) is 13.2 Å². The molecule has 1 fully saturated rings. The molecule has 2 N–H and O–H groups in total. The lowest BCUT2D eigenvalue weighted by molar-refractivity contribution is -0.156.